The Morgan fingerprint density at radius 3 is 2.88 bits per heavy atom. The van der Waals surface area contributed by atoms with Gasteiger partial charge in [-0.05, 0) is 29.8 Å². The molecule has 3 aromatic rings. The summed E-state index contributed by atoms with van der Waals surface area (Å²) in [5.74, 6) is 0. The van der Waals surface area contributed by atoms with Crippen molar-refractivity contribution in [3.05, 3.63) is 59.2 Å². The summed E-state index contributed by atoms with van der Waals surface area (Å²) in [6.07, 6.45) is 2.03. The van der Waals surface area contributed by atoms with Crippen LogP contribution in [0.25, 0.3) is 22.0 Å². The maximum absolute atomic E-state index is 3.50. The quantitative estimate of drug-likeness (QED) is 0.675. The summed E-state index contributed by atoms with van der Waals surface area (Å²) in [5, 5.41) is 1.22. The Hall–Kier alpha value is -1.54. The van der Waals surface area contributed by atoms with Crippen molar-refractivity contribution in [3.63, 3.8) is 0 Å². The van der Waals surface area contributed by atoms with Gasteiger partial charge in [0.15, 0.2) is 0 Å². The van der Waals surface area contributed by atoms with Crippen molar-refractivity contribution in [2.75, 3.05) is 0 Å². The smallest absolute Gasteiger partial charge is 0.0461 e. The number of rotatable bonds is 1. The summed E-state index contributed by atoms with van der Waals surface area (Å²) in [7, 11) is 0. The van der Waals surface area contributed by atoms with Gasteiger partial charge >= 0.3 is 0 Å². The number of H-pyrrole nitrogens is 1. The van der Waals surface area contributed by atoms with Gasteiger partial charge in [-0.2, -0.15) is 0 Å². The standard InChI is InChI=1S/C14H9BrN/c15-11-6-7-14-12(8-11)13(9-16-14)10-4-2-1-3-5-10/h1-4,6-9,16H. The molecule has 0 amide bonds. The molecule has 1 aromatic heterocycles. The molecule has 1 radical (unpaired) electrons. The topological polar surface area (TPSA) is 15.8 Å². The highest BCUT2D eigenvalue weighted by atomic mass is 79.9. The molecular weight excluding hydrogens is 262 g/mol. The second-order valence-electron chi connectivity index (χ2n) is 3.67. The zero-order valence-electron chi connectivity index (χ0n) is 8.50. The Kier molecular flexibility index (Phi) is 2.29. The highest BCUT2D eigenvalue weighted by Gasteiger charge is 2.05. The Labute approximate surface area is 102 Å². The molecule has 3 rings (SSSR count). The summed E-state index contributed by atoms with van der Waals surface area (Å²) in [4.78, 5) is 3.27. The monoisotopic (exact) mass is 270 g/mol. The number of benzene rings is 2. The van der Waals surface area contributed by atoms with E-state index in [0.717, 1.165) is 15.6 Å². The molecule has 77 valence electrons. The van der Waals surface area contributed by atoms with Gasteiger partial charge in [0, 0.05) is 27.1 Å². The first-order chi connectivity index (χ1) is 7.84. The van der Waals surface area contributed by atoms with E-state index in [9.17, 15) is 0 Å². The molecule has 0 atom stereocenters. The third-order valence-electron chi connectivity index (χ3n) is 2.64. The van der Waals surface area contributed by atoms with E-state index in [-0.39, 0.29) is 0 Å². The van der Waals surface area contributed by atoms with Gasteiger partial charge in [-0.3, -0.25) is 0 Å². The van der Waals surface area contributed by atoms with Crippen molar-refractivity contribution >= 4 is 26.8 Å². The average molecular weight is 271 g/mol. The van der Waals surface area contributed by atoms with E-state index in [2.05, 4.69) is 45.2 Å². The molecule has 0 aliphatic heterocycles. The lowest BCUT2D eigenvalue weighted by atomic mass is 10.1. The van der Waals surface area contributed by atoms with Crippen LogP contribution in [-0.4, -0.2) is 4.98 Å². The van der Waals surface area contributed by atoms with Crippen LogP contribution in [0.1, 0.15) is 0 Å². The van der Waals surface area contributed by atoms with Crippen LogP contribution in [0, 0.1) is 6.07 Å². The molecule has 1 nitrogen and oxygen atoms in total. The van der Waals surface area contributed by atoms with Gasteiger partial charge in [0.25, 0.3) is 0 Å². The predicted octanol–water partition coefficient (Wildman–Crippen LogP) is 4.40. The number of halogens is 1. The normalized spacial score (nSPS) is 10.8. The number of aromatic amines is 1. The van der Waals surface area contributed by atoms with Crippen molar-refractivity contribution in [1.29, 1.82) is 0 Å². The highest BCUT2D eigenvalue weighted by molar-refractivity contribution is 9.10. The molecule has 0 aliphatic carbocycles. The van der Waals surface area contributed by atoms with E-state index < -0.39 is 0 Å². The molecule has 0 bridgehead atoms. The summed E-state index contributed by atoms with van der Waals surface area (Å²) >= 11 is 3.50. The first-order valence-electron chi connectivity index (χ1n) is 5.08. The van der Waals surface area contributed by atoms with E-state index in [4.69, 9.17) is 0 Å². The fourth-order valence-electron chi connectivity index (χ4n) is 1.88. The second-order valence-corrected chi connectivity index (χ2v) is 4.58. The fourth-order valence-corrected chi connectivity index (χ4v) is 2.24. The van der Waals surface area contributed by atoms with Crippen LogP contribution in [-0.2, 0) is 0 Å². The molecule has 1 heterocycles. The lowest BCUT2D eigenvalue weighted by Crippen LogP contribution is -1.74. The van der Waals surface area contributed by atoms with Crippen LogP contribution >= 0.6 is 15.9 Å². The van der Waals surface area contributed by atoms with Crippen molar-refractivity contribution in [2.24, 2.45) is 0 Å². The molecule has 0 aliphatic rings. The van der Waals surface area contributed by atoms with E-state index in [1.54, 1.807) is 0 Å². The maximum Gasteiger partial charge on any atom is 0.0461 e. The minimum Gasteiger partial charge on any atom is -0.361 e. The Morgan fingerprint density at radius 2 is 2.06 bits per heavy atom. The molecule has 16 heavy (non-hydrogen) atoms. The van der Waals surface area contributed by atoms with Crippen LogP contribution in [0.2, 0.25) is 0 Å². The van der Waals surface area contributed by atoms with Crippen molar-refractivity contribution in [2.45, 2.75) is 0 Å². The van der Waals surface area contributed by atoms with Gasteiger partial charge in [-0.15, -0.1) is 0 Å². The third-order valence-corrected chi connectivity index (χ3v) is 3.14. The zero-order valence-corrected chi connectivity index (χ0v) is 10.1. The van der Waals surface area contributed by atoms with Crippen molar-refractivity contribution in [1.82, 2.24) is 4.98 Å². The van der Waals surface area contributed by atoms with Gasteiger partial charge in [-0.1, -0.05) is 40.2 Å². The lowest BCUT2D eigenvalue weighted by molar-refractivity contribution is 1.47. The molecule has 0 unspecified atom stereocenters. The molecule has 2 heteroatoms. The minimum atomic E-state index is 1.09. The number of aromatic nitrogens is 1. The highest BCUT2D eigenvalue weighted by Crippen LogP contribution is 2.29. The van der Waals surface area contributed by atoms with E-state index >= 15 is 0 Å². The van der Waals surface area contributed by atoms with Gasteiger partial charge in [0.2, 0.25) is 0 Å². The SMILES string of the molecule is Brc1ccc2[nH]cc(-c3[c]cccc3)c2c1. The van der Waals surface area contributed by atoms with E-state index in [0.29, 0.717) is 0 Å². The number of hydrogen-bond donors (Lipinski definition) is 1. The van der Waals surface area contributed by atoms with Crippen LogP contribution in [0.15, 0.2) is 53.1 Å². The Bertz CT molecular complexity index is 626. The lowest BCUT2D eigenvalue weighted by Gasteiger charge is -1.98. The first kappa shape index (κ1) is 9.67. The third kappa shape index (κ3) is 1.55. The first-order valence-corrected chi connectivity index (χ1v) is 5.87. The summed E-state index contributed by atoms with van der Waals surface area (Å²) in [5.41, 5.74) is 3.46. The Morgan fingerprint density at radius 1 is 1.12 bits per heavy atom. The molecule has 0 saturated carbocycles. The van der Waals surface area contributed by atoms with Crippen LogP contribution < -0.4 is 0 Å². The number of fused-ring (bicyclic) bond motifs is 1. The van der Waals surface area contributed by atoms with Crippen molar-refractivity contribution in [3.8, 4) is 11.1 Å². The average Bonchev–Trinajstić information content (AvgIpc) is 2.73. The van der Waals surface area contributed by atoms with Crippen LogP contribution in [0.4, 0.5) is 0 Å². The largest absolute Gasteiger partial charge is 0.361 e. The molecule has 0 spiro atoms. The number of hydrogen-bond acceptors (Lipinski definition) is 0. The van der Waals surface area contributed by atoms with E-state index in [1.807, 2.05) is 30.5 Å². The fraction of sp³-hybridized carbons (Fsp3) is 0. The maximum atomic E-state index is 3.50. The molecule has 0 saturated heterocycles. The predicted molar refractivity (Wildman–Crippen MR) is 70.3 cm³/mol. The minimum absolute atomic E-state index is 1.09. The molecule has 0 fully saturated rings. The van der Waals surface area contributed by atoms with Crippen molar-refractivity contribution < 1.29 is 0 Å². The van der Waals surface area contributed by atoms with Gasteiger partial charge < -0.3 is 4.98 Å². The van der Waals surface area contributed by atoms with Gasteiger partial charge in [0.1, 0.15) is 0 Å². The van der Waals surface area contributed by atoms with Gasteiger partial charge in [-0.25, -0.2) is 0 Å². The molecule has 1 N–H and O–H groups in total. The second kappa shape index (κ2) is 3.80. The van der Waals surface area contributed by atoms with E-state index in [1.165, 1.54) is 10.9 Å². The Balaban J connectivity index is 2.29. The summed E-state index contributed by atoms with van der Waals surface area (Å²) < 4.78 is 1.09. The molecule has 2 aromatic carbocycles. The molecular formula is C14H9BrN. The van der Waals surface area contributed by atoms with Crippen LogP contribution in [0.3, 0.4) is 0 Å². The summed E-state index contributed by atoms with van der Waals surface area (Å²) in [6, 6.07) is 17.5. The number of nitrogens with one attached hydrogen (secondary N) is 1. The van der Waals surface area contributed by atoms with Gasteiger partial charge in [0.05, 0.1) is 0 Å². The summed E-state index contributed by atoms with van der Waals surface area (Å²) in [6.45, 7) is 0. The zero-order chi connectivity index (χ0) is 11.0. The van der Waals surface area contributed by atoms with Crippen LogP contribution in [0.5, 0.6) is 0 Å².